The van der Waals surface area contributed by atoms with Crippen molar-refractivity contribution in [1.29, 1.82) is 0 Å². The molecule has 1 aliphatic rings. The van der Waals surface area contributed by atoms with E-state index in [9.17, 15) is 4.79 Å². The fourth-order valence-electron chi connectivity index (χ4n) is 1.37. The predicted octanol–water partition coefficient (Wildman–Crippen LogP) is 4.89. The van der Waals surface area contributed by atoms with Gasteiger partial charge in [-0.1, -0.05) is 40.3 Å². The molecule has 0 amide bonds. The first-order valence-corrected chi connectivity index (χ1v) is 8.09. The molecule has 1 heterocycles. The Morgan fingerprint density at radius 2 is 1.79 bits per heavy atom. The van der Waals surface area contributed by atoms with Gasteiger partial charge in [-0.05, 0) is 44.5 Å². The van der Waals surface area contributed by atoms with Crippen molar-refractivity contribution in [3.8, 4) is 5.75 Å². The fraction of sp³-hybridized carbons (Fsp3) is 0.267. The van der Waals surface area contributed by atoms with Crippen molar-refractivity contribution in [2.75, 3.05) is 0 Å². The Morgan fingerprint density at radius 3 is 2.26 bits per heavy atom. The number of carbonyl (C=O) groups excluding carboxylic acids is 1. The molecular formula is C15H16O2S2. The highest BCUT2D eigenvalue weighted by Gasteiger charge is 2.23. The number of benzene rings is 1. The maximum atomic E-state index is 11.8. The van der Waals surface area contributed by atoms with Gasteiger partial charge in [-0.3, -0.25) is 4.79 Å². The Kier molecular flexibility index (Phi) is 4.11. The van der Waals surface area contributed by atoms with Gasteiger partial charge in [-0.25, -0.2) is 0 Å². The number of allylic oxidation sites excluding steroid dienone is 1. The second-order valence-electron chi connectivity index (χ2n) is 5.31. The summed E-state index contributed by atoms with van der Waals surface area (Å²) in [5, 5.41) is 0. The Morgan fingerprint density at radius 1 is 1.16 bits per heavy atom. The molecule has 0 aromatic heterocycles. The van der Waals surface area contributed by atoms with Crippen LogP contribution < -0.4 is 4.74 Å². The molecule has 0 N–H and O–H groups in total. The van der Waals surface area contributed by atoms with Crippen LogP contribution in [0.4, 0.5) is 0 Å². The minimum atomic E-state index is -0.489. The van der Waals surface area contributed by atoms with Gasteiger partial charge in [-0.2, -0.15) is 0 Å². The van der Waals surface area contributed by atoms with Crippen molar-refractivity contribution in [2.45, 2.75) is 20.8 Å². The largest absolute Gasteiger partial charge is 0.426 e. The monoisotopic (exact) mass is 292 g/mol. The minimum Gasteiger partial charge on any atom is -0.426 e. The molecule has 0 saturated heterocycles. The van der Waals surface area contributed by atoms with Crippen LogP contribution in [0.1, 0.15) is 26.3 Å². The predicted molar refractivity (Wildman–Crippen MR) is 83.8 cm³/mol. The third-order valence-electron chi connectivity index (χ3n) is 2.49. The molecule has 2 rings (SSSR count). The van der Waals surface area contributed by atoms with Crippen LogP contribution in [-0.4, -0.2) is 5.97 Å². The number of esters is 1. The van der Waals surface area contributed by atoms with Crippen molar-refractivity contribution in [3.05, 3.63) is 47.4 Å². The van der Waals surface area contributed by atoms with Crippen LogP contribution in [-0.2, 0) is 4.79 Å². The zero-order valence-corrected chi connectivity index (χ0v) is 12.9. The SMILES string of the molecule is C=C1C=C(c2ccc(OC(=O)C(C)(C)C)cc2)SS1. The number of rotatable bonds is 2. The first-order chi connectivity index (χ1) is 8.86. The number of carbonyl (C=O) groups is 1. The molecule has 0 saturated carbocycles. The molecule has 19 heavy (non-hydrogen) atoms. The van der Waals surface area contributed by atoms with E-state index in [0.29, 0.717) is 5.75 Å². The summed E-state index contributed by atoms with van der Waals surface area (Å²) in [6.07, 6.45) is 2.06. The van der Waals surface area contributed by atoms with E-state index in [1.807, 2.05) is 45.0 Å². The molecule has 1 aromatic rings. The van der Waals surface area contributed by atoms with E-state index in [4.69, 9.17) is 4.74 Å². The van der Waals surface area contributed by atoms with Gasteiger partial charge in [0.05, 0.1) is 5.41 Å². The van der Waals surface area contributed by atoms with E-state index in [1.54, 1.807) is 21.6 Å². The molecule has 0 atom stereocenters. The molecule has 0 unspecified atom stereocenters. The molecule has 0 fully saturated rings. The van der Waals surface area contributed by atoms with Gasteiger partial charge in [0.25, 0.3) is 0 Å². The van der Waals surface area contributed by atoms with Gasteiger partial charge in [-0.15, -0.1) is 0 Å². The van der Waals surface area contributed by atoms with Crippen LogP contribution in [0.15, 0.2) is 41.8 Å². The van der Waals surface area contributed by atoms with E-state index in [0.717, 1.165) is 10.5 Å². The highest BCUT2D eigenvalue weighted by atomic mass is 33.1. The van der Waals surface area contributed by atoms with E-state index in [-0.39, 0.29) is 5.97 Å². The maximum absolute atomic E-state index is 11.8. The van der Waals surface area contributed by atoms with Crippen molar-refractivity contribution < 1.29 is 9.53 Å². The number of hydrogen-bond donors (Lipinski definition) is 0. The van der Waals surface area contributed by atoms with E-state index >= 15 is 0 Å². The van der Waals surface area contributed by atoms with Crippen molar-refractivity contribution >= 4 is 32.5 Å². The second-order valence-corrected chi connectivity index (χ2v) is 7.60. The van der Waals surface area contributed by atoms with Gasteiger partial charge in [0, 0.05) is 9.81 Å². The summed E-state index contributed by atoms with van der Waals surface area (Å²) in [5.74, 6) is 0.359. The summed E-state index contributed by atoms with van der Waals surface area (Å²) in [4.78, 5) is 14.0. The molecule has 100 valence electrons. The van der Waals surface area contributed by atoms with Crippen LogP contribution >= 0.6 is 21.6 Å². The molecule has 0 radical (unpaired) electrons. The zero-order chi connectivity index (χ0) is 14.0. The van der Waals surface area contributed by atoms with Crippen LogP contribution in [0.2, 0.25) is 0 Å². The Hall–Kier alpha value is -1.13. The van der Waals surface area contributed by atoms with E-state index < -0.39 is 5.41 Å². The summed E-state index contributed by atoms with van der Waals surface area (Å²) in [5.41, 5.74) is 0.628. The standard InChI is InChI=1S/C15H16O2S2/c1-10-9-13(19-18-10)11-5-7-12(8-6-11)17-14(16)15(2,3)4/h5-9H,1H2,2-4H3. The normalized spacial score (nSPS) is 15.3. The smallest absolute Gasteiger partial charge is 0.316 e. The summed E-state index contributed by atoms with van der Waals surface area (Å²) >= 11 is 0. The first kappa shape index (κ1) is 14.3. The molecule has 2 nitrogen and oxygen atoms in total. The lowest BCUT2D eigenvalue weighted by Gasteiger charge is -2.16. The summed E-state index contributed by atoms with van der Waals surface area (Å²) < 4.78 is 5.33. The molecule has 0 spiro atoms. The van der Waals surface area contributed by atoms with Crippen molar-refractivity contribution in [1.82, 2.24) is 0 Å². The summed E-state index contributed by atoms with van der Waals surface area (Å²) in [6.45, 7) is 9.43. The van der Waals surface area contributed by atoms with Crippen LogP contribution in [0, 0.1) is 5.41 Å². The second kappa shape index (κ2) is 5.47. The van der Waals surface area contributed by atoms with E-state index in [1.165, 1.54) is 4.91 Å². The highest BCUT2D eigenvalue weighted by molar-refractivity contribution is 8.82. The van der Waals surface area contributed by atoms with Gasteiger partial charge in [0.2, 0.25) is 0 Å². The van der Waals surface area contributed by atoms with Gasteiger partial charge < -0.3 is 4.74 Å². The Labute approximate surface area is 121 Å². The van der Waals surface area contributed by atoms with Crippen LogP contribution in [0.3, 0.4) is 0 Å². The number of ether oxygens (including phenoxy) is 1. The number of hydrogen-bond acceptors (Lipinski definition) is 4. The lowest BCUT2D eigenvalue weighted by atomic mass is 9.97. The Balaban J connectivity index is 2.09. The molecule has 1 aromatic carbocycles. The lowest BCUT2D eigenvalue weighted by Crippen LogP contribution is -2.25. The molecule has 4 heteroatoms. The lowest BCUT2D eigenvalue weighted by molar-refractivity contribution is -0.142. The average molecular weight is 292 g/mol. The maximum Gasteiger partial charge on any atom is 0.316 e. The minimum absolute atomic E-state index is 0.223. The third-order valence-corrected chi connectivity index (χ3v) is 4.87. The van der Waals surface area contributed by atoms with Crippen LogP contribution in [0.25, 0.3) is 4.91 Å². The Bertz CT molecular complexity index is 536. The van der Waals surface area contributed by atoms with Crippen LogP contribution in [0.5, 0.6) is 5.75 Å². The first-order valence-electron chi connectivity index (χ1n) is 5.94. The summed E-state index contributed by atoms with van der Waals surface area (Å²) in [7, 11) is 3.36. The topological polar surface area (TPSA) is 26.3 Å². The third kappa shape index (κ3) is 3.67. The van der Waals surface area contributed by atoms with Crippen molar-refractivity contribution in [2.24, 2.45) is 5.41 Å². The fourth-order valence-corrected chi connectivity index (χ4v) is 3.40. The van der Waals surface area contributed by atoms with Gasteiger partial charge >= 0.3 is 5.97 Å². The zero-order valence-electron chi connectivity index (χ0n) is 11.2. The van der Waals surface area contributed by atoms with Gasteiger partial charge in [0.15, 0.2) is 0 Å². The average Bonchev–Trinajstić information content (AvgIpc) is 2.75. The van der Waals surface area contributed by atoms with Gasteiger partial charge in [0.1, 0.15) is 5.75 Å². The molecule has 1 aliphatic heterocycles. The summed E-state index contributed by atoms with van der Waals surface area (Å²) in [6, 6.07) is 7.57. The quantitative estimate of drug-likeness (QED) is 0.440. The highest BCUT2D eigenvalue weighted by Crippen LogP contribution is 2.48. The van der Waals surface area contributed by atoms with E-state index in [2.05, 4.69) is 12.7 Å². The molecule has 0 aliphatic carbocycles. The van der Waals surface area contributed by atoms with Crippen molar-refractivity contribution in [3.63, 3.8) is 0 Å². The molecule has 0 bridgehead atoms. The molecular weight excluding hydrogens is 276 g/mol.